The molecule has 9 nitrogen and oxygen atoms in total. The molecule has 11 heteroatoms. The number of aliphatic hydroxyl groups excluding tert-OH is 2. The fraction of sp³-hybridized carbons (Fsp3) is 0.208. The van der Waals surface area contributed by atoms with Gasteiger partial charge in [0.1, 0.15) is 33.8 Å². The lowest BCUT2D eigenvalue weighted by Crippen LogP contribution is -2.19. The van der Waals surface area contributed by atoms with Crippen molar-refractivity contribution in [2.24, 2.45) is 0 Å². The predicted octanol–water partition coefficient (Wildman–Crippen LogP) is 3.17. The highest BCUT2D eigenvalue weighted by molar-refractivity contribution is 7.98. The summed E-state index contributed by atoms with van der Waals surface area (Å²) in [5.41, 5.74) is 2.61. The van der Waals surface area contributed by atoms with Gasteiger partial charge in [0.15, 0.2) is 0 Å². The van der Waals surface area contributed by atoms with E-state index in [1.165, 1.54) is 18.8 Å². The maximum atomic E-state index is 11.8. The van der Waals surface area contributed by atoms with E-state index in [0.717, 1.165) is 5.56 Å². The number of aliphatic hydroxyl groups is 2. The van der Waals surface area contributed by atoms with E-state index in [1.54, 1.807) is 49.7 Å². The molecule has 0 fully saturated rings. The van der Waals surface area contributed by atoms with Gasteiger partial charge in [-0.15, -0.1) is 11.8 Å². The number of aromatic nitrogens is 2. The van der Waals surface area contributed by atoms with E-state index in [-0.39, 0.29) is 35.4 Å². The van der Waals surface area contributed by atoms with Gasteiger partial charge in [0.2, 0.25) is 0 Å². The Morgan fingerprint density at radius 2 is 1.80 bits per heavy atom. The summed E-state index contributed by atoms with van der Waals surface area (Å²) in [7, 11) is 3.09. The standard InChI is InChI=1S/C22H16ClN5O2S.C2H6O2/c1-26-21(29)18-9-13(7-8-27-18)12-31-22-17(11-25)19(16(10-24)20(23)28-22)14-3-5-15(30-2)6-4-14;3-1-2-4/h3-9H,12H2,1-2H3,(H,26,29);3-4H,1-2H2. The Morgan fingerprint density at radius 3 is 2.34 bits per heavy atom. The van der Waals surface area contributed by atoms with Gasteiger partial charge in [-0.3, -0.25) is 9.78 Å². The van der Waals surface area contributed by atoms with Crippen LogP contribution in [-0.2, 0) is 5.75 Å². The second-order valence-electron chi connectivity index (χ2n) is 6.65. The number of thioether (sulfide) groups is 1. The molecule has 0 saturated carbocycles. The summed E-state index contributed by atoms with van der Waals surface area (Å²) in [6.07, 6.45) is 1.55. The van der Waals surface area contributed by atoms with Crippen molar-refractivity contribution in [3.05, 3.63) is 70.1 Å². The zero-order chi connectivity index (χ0) is 25.8. The number of methoxy groups -OCH3 is 1. The van der Waals surface area contributed by atoms with Gasteiger partial charge in [-0.1, -0.05) is 23.7 Å². The second kappa shape index (κ2) is 13.9. The molecule has 0 spiro atoms. The summed E-state index contributed by atoms with van der Waals surface area (Å²) in [6.45, 7) is -0.250. The summed E-state index contributed by atoms with van der Waals surface area (Å²) in [6, 6.07) is 14.7. The molecule has 2 aromatic heterocycles. The summed E-state index contributed by atoms with van der Waals surface area (Å²) in [5, 5.41) is 37.7. The average Bonchev–Trinajstić information content (AvgIpc) is 2.91. The Labute approximate surface area is 212 Å². The van der Waals surface area contributed by atoms with Crippen LogP contribution in [0.1, 0.15) is 27.2 Å². The van der Waals surface area contributed by atoms with E-state index >= 15 is 0 Å². The fourth-order valence-corrected chi connectivity index (χ4v) is 4.06. The van der Waals surface area contributed by atoms with Gasteiger partial charge in [-0.05, 0) is 35.4 Å². The Bertz CT molecular complexity index is 1250. The second-order valence-corrected chi connectivity index (χ2v) is 7.97. The molecule has 0 bridgehead atoms. The first kappa shape index (κ1) is 27.6. The number of carbonyl (C=O) groups excluding carboxylic acids is 1. The smallest absolute Gasteiger partial charge is 0.269 e. The molecule has 0 saturated heterocycles. The van der Waals surface area contributed by atoms with Crippen LogP contribution in [0.15, 0.2) is 47.6 Å². The van der Waals surface area contributed by atoms with Gasteiger partial charge in [-0.2, -0.15) is 10.5 Å². The molecule has 180 valence electrons. The first-order chi connectivity index (χ1) is 16.9. The molecule has 1 aromatic carbocycles. The Hall–Kier alpha value is -3.67. The summed E-state index contributed by atoms with van der Waals surface area (Å²) >= 11 is 7.59. The predicted molar refractivity (Wildman–Crippen MR) is 132 cm³/mol. The highest BCUT2D eigenvalue weighted by Crippen LogP contribution is 2.37. The molecule has 3 N–H and O–H groups in total. The minimum Gasteiger partial charge on any atom is -0.497 e. The number of nitriles is 2. The van der Waals surface area contributed by atoms with Crippen LogP contribution in [-0.4, -0.2) is 53.5 Å². The largest absolute Gasteiger partial charge is 0.497 e. The quantitative estimate of drug-likeness (QED) is 0.320. The van der Waals surface area contributed by atoms with E-state index in [1.807, 2.05) is 0 Å². The van der Waals surface area contributed by atoms with E-state index in [4.69, 9.17) is 26.6 Å². The van der Waals surface area contributed by atoms with E-state index in [9.17, 15) is 15.3 Å². The zero-order valence-electron chi connectivity index (χ0n) is 18.9. The number of benzene rings is 1. The molecule has 0 aliphatic carbocycles. The molecule has 2 heterocycles. The third kappa shape index (κ3) is 7.15. The monoisotopic (exact) mass is 511 g/mol. The van der Waals surface area contributed by atoms with Gasteiger partial charge >= 0.3 is 0 Å². The minimum atomic E-state index is -0.286. The number of carbonyl (C=O) groups is 1. The third-order valence-electron chi connectivity index (χ3n) is 4.48. The van der Waals surface area contributed by atoms with Crippen molar-refractivity contribution in [2.45, 2.75) is 10.8 Å². The van der Waals surface area contributed by atoms with Crippen molar-refractivity contribution in [3.63, 3.8) is 0 Å². The maximum Gasteiger partial charge on any atom is 0.269 e. The van der Waals surface area contributed by atoms with Crippen LogP contribution in [0.3, 0.4) is 0 Å². The Kier molecular flexibility index (Phi) is 10.9. The molecule has 0 radical (unpaired) electrons. The van der Waals surface area contributed by atoms with Crippen molar-refractivity contribution in [2.75, 3.05) is 27.4 Å². The lowest BCUT2D eigenvalue weighted by atomic mass is 9.97. The Balaban J connectivity index is 0.00000100. The van der Waals surface area contributed by atoms with Crippen LogP contribution >= 0.6 is 23.4 Å². The first-order valence-electron chi connectivity index (χ1n) is 10.1. The van der Waals surface area contributed by atoms with Gasteiger partial charge in [0.25, 0.3) is 5.91 Å². The highest BCUT2D eigenvalue weighted by atomic mass is 35.5. The van der Waals surface area contributed by atoms with Crippen LogP contribution in [0, 0.1) is 22.7 Å². The number of pyridine rings is 2. The van der Waals surface area contributed by atoms with Gasteiger partial charge < -0.3 is 20.3 Å². The lowest BCUT2D eigenvalue weighted by Gasteiger charge is -2.13. The number of hydrogen-bond donors (Lipinski definition) is 3. The van der Waals surface area contributed by atoms with E-state index < -0.39 is 0 Å². The van der Waals surface area contributed by atoms with Gasteiger partial charge in [-0.25, -0.2) is 4.98 Å². The van der Waals surface area contributed by atoms with Gasteiger partial charge in [0.05, 0.1) is 31.5 Å². The highest BCUT2D eigenvalue weighted by Gasteiger charge is 2.21. The van der Waals surface area contributed by atoms with Crippen LogP contribution < -0.4 is 10.1 Å². The van der Waals surface area contributed by atoms with E-state index in [2.05, 4.69) is 27.4 Å². The van der Waals surface area contributed by atoms with Crippen LogP contribution in [0.5, 0.6) is 5.75 Å². The SMILES string of the molecule is CNC(=O)c1cc(CSc2nc(Cl)c(C#N)c(-c3ccc(OC)cc3)c2C#N)ccn1.OCCO. The van der Waals surface area contributed by atoms with Crippen LogP contribution in [0.25, 0.3) is 11.1 Å². The molecule has 1 amide bonds. The molecular weight excluding hydrogens is 490 g/mol. The molecule has 0 atom stereocenters. The lowest BCUT2D eigenvalue weighted by molar-refractivity contribution is 0.0958. The average molecular weight is 512 g/mol. The van der Waals surface area contributed by atoms with Crippen molar-refractivity contribution >= 4 is 29.3 Å². The molecule has 35 heavy (non-hydrogen) atoms. The molecule has 0 aliphatic heterocycles. The maximum absolute atomic E-state index is 11.8. The van der Waals surface area contributed by atoms with Gasteiger partial charge in [0, 0.05) is 24.6 Å². The van der Waals surface area contributed by atoms with Crippen molar-refractivity contribution < 1.29 is 19.7 Å². The Morgan fingerprint density at radius 1 is 1.14 bits per heavy atom. The first-order valence-corrected chi connectivity index (χ1v) is 11.5. The zero-order valence-corrected chi connectivity index (χ0v) is 20.5. The third-order valence-corrected chi connectivity index (χ3v) is 5.80. The molecule has 3 rings (SSSR count). The number of halogens is 1. The van der Waals surface area contributed by atoms with Crippen molar-refractivity contribution in [3.8, 4) is 29.0 Å². The molecular formula is C24H22ClN5O4S. The number of nitrogens with one attached hydrogen (secondary N) is 1. The topological polar surface area (TPSA) is 152 Å². The van der Waals surface area contributed by atoms with Crippen LogP contribution in [0.4, 0.5) is 0 Å². The molecule has 3 aromatic rings. The summed E-state index contributed by atoms with van der Waals surface area (Å²) < 4.78 is 5.18. The number of hydrogen-bond acceptors (Lipinski definition) is 9. The minimum absolute atomic E-state index is 0.0237. The number of amides is 1. The molecule has 0 aliphatic rings. The van der Waals surface area contributed by atoms with Crippen molar-refractivity contribution in [1.29, 1.82) is 10.5 Å². The normalized spacial score (nSPS) is 9.80. The fourth-order valence-electron chi connectivity index (χ4n) is 2.86. The summed E-state index contributed by atoms with van der Waals surface area (Å²) in [4.78, 5) is 20.1. The number of rotatable bonds is 7. The molecule has 0 unspecified atom stereocenters. The number of nitrogens with zero attached hydrogens (tertiary/aromatic N) is 4. The van der Waals surface area contributed by atoms with Crippen LogP contribution in [0.2, 0.25) is 5.15 Å². The van der Waals surface area contributed by atoms with E-state index in [0.29, 0.717) is 33.3 Å². The summed E-state index contributed by atoms with van der Waals surface area (Å²) in [5.74, 6) is 0.796. The van der Waals surface area contributed by atoms with Crippen molar-refractivity contribution in [1.82, 2.24) is 15.3 Å². The number of ether oxygens (including phenoxy) is 1.